The van der Waals surface area contributed by atoms with Crippen LogP contribution in [-0.4, -0.2) is 59.3 Å². The highest BCUT2D eigenvalue weighted by molar-refractivity contribution is 7.89. The van der Waals surface area contributed by atoms with Crippen LogP contribution < -0.4 is 0 Å². The molecule has 1 atom stereocenters. The van der Waals surface area contributed by atoms with E-state index in [1.807, 2.05) is 17.2 Å². The maximum atomic E-state index is 13.3. The van der Waals surface area contributed by atoms with E-state index < -0.39 is 10.0 Å². The number of carbonyl (C=O) groups is 1. The van der Waals surface area contributed by atoms with Gasteiger partial charge in [0.25, 0.3) is 0 Å². The van der Waals surface area contributed by atoms with Gasteiger partial charge < -0.3 is 9.47 Å². The lowest BCUT2D eigenvalue weighted by Gasteiger charge is -2.29. The maximum Gasteiger partial charge on any atom is 0.244 e. The third-order valence-electron chi connectivity index (χ3n) is 5.98. The third kappa shape index (κ3) is 4.48. The number of rotatable bonds is 5. The molecule has 0 saturated carbocycles. The molecule has 0 spiro atoms. The van der Waals surface area contributed by atoms with Crippen molar-refractivity contribution in [1.29, 1.82) is 0 Å². The molecule has 0 aliphatic carbocycles. The van der Waals surface area contributed by atoms with Gasteiger partial charge in [-0.3, -0.25) is 4.79 Å². The summed E-state index contributed by atoms with van der Waals surface area (Å²) in [5.41, 5.74) is 1.58. The first kappa shape index (κ1) is 21.5. The zero-order valence-corrected chi connectivity index (χ0v) is 19.3. The van der Waals surface area contributed by atoms with Gasteiger partial charge in [-0.2, -0.15) is 4.31 Å². The SMILES string of the molecule is Cc1csc(-c2cc(S(=O)(=O)N3CCC[C@H](C)C3)cn2CC(=O)N2CCCCC2)n1. The van der Waals surface area contributed by atoms with Crippen LogP contribution in [0.3, 0.4) is 0 Å². The van der Waals surface area contributed by atoms with Crippen LogP contribution in [0.5, 0.6) is 0 Å². The summed E-state index contributed by atoms with van der Waals surface area (Å²) in [6.07, 6.45) is 6.79. The van der Waals surface area contributed by atoms with E-state index in [-0.39, 0.29) is 17.3 Å². The molecule has 1 amide bonds. The number of thiazole rings is 1. The Kier molecular flexibility index (Phi) is 6.31. The molecule has 4 rings (SSSR count). The molecule has 2 aliphatic rings. The topological polar surface area (TPSA) is 75.5 Å². The zero-order valence-electron chi connectivity index (χ0n) is 17.7. The van der Waals surface area contributed by atoms with Crippen molar-refractivity contribution in [2.24, 2.45) is 5.92 Å². The molecule has 0 radical (unpaired) electrons. The van der Waals surface area contributed by atoms with E-state index in [1.165, 1.54) is 11.3 Å². The lowest BCUT2D eigenvalue weighted by atomic mass is 10.0. The lowest BCUT2D eigenvalue weighted by Crippen LogP contribution is -2.39. The van der Waals surface area contributed by atoms with Crippen LogP contribution in [0.2, 0.25) is 0 Å². The van der Waals surface area contributed by atoms with Crippen molar-refractivity contribution in [2.45, 2.75) is 57.4 Å². The molecule has 0 N–H and O–H groups in total. The van der Waals surface area contributed by atoms with Crippen molar-refractivity contribution in [2.75, 3.05) is 26.2 Å². The lowest BCUT2D eigenvalue weighted by molar-refractivity contribution is -0.132. The van der Waals surface area contributed by atoms with Crippen LogP contribution in [0.15, 0.2) is 22.5 Å². The van der Waals surface area contributed by atoms with Crippen molar-refractivity contribution in [3.8, 4) is 10.7 Å². The predicted octanol–water partition coefficient (Wildman–Crippen LogP) is 3.35. The Morgan fingerprint density at radius 2 is 1.97 bits per heavy atom. The Bertz CT molecular complexity index is 1010. The molecule has 2 saturated heterocycles. The Balaban J connectivity index is 1.66. The van der Waals surface area contributed by atoms with Gasteiger partial charge in [0, 0.05) is 43.4 Å². The minimum atomic E-state index is -3.59. The van der Waals surface area contributed by atoms with Crippen molar-refractivity contribution < 1.29 is 13.2 Å². The molecule has 0 aromatic carbocycles. The summed E-state index contributed by atoms with van der Waals surface area (Å²) in [4.78, 5) is 19.6. The number of carbonyl (C=O) groups excluding carboxylic acids is 1. The Morgan fingerprint density at radius 1 is 1.20 bits per heavy atom. The van der Waals surface area contributed by atoms with Gasteiger partial charge in [-0.05, 0) is 51.0 Å². The second kappa shape index (κ2) is 8.80. The Hall–Kier alpha value is -1.71. The van der Waals surface area contributed by atoms with E-state index in [9.17, 15) is 13.2 Å². The summed E-state index contributed by atoms with van der Waals surface area (Å²) in [6, 6.07) is 1.69. The monoisotopic (exact) mass is 450 g/mol. The quantitative estimate of drug-likeness (QED) is 0.700. The highest BCUT2D eigenvalue weighted by Crippen LogP contribution is 2.31. The highest BCUT2D eigenvalue weighted by Gasteiger charge is 2.31. The summed E-state index contributed by atoms with van der Waals surface area (Å²) >= 11 is 1.47. The molecule has 7 nitrogen and oxygen atoms in total. The van der Waals surface area contributed by atoms with Gasteiger partial charge in [0.1, 0.15) is 16.4 Å². The van der Waals surface area contributed by atoms with Crippen molar-refractivity contribution in [3.63, 3.8) is 0 Å². The van der Waals surface area contributed by atoms with Crippen molar-refractivity contribution in [1.82, 2.24) is 18.8 Å². The molecule has 2 aromatic heterocycles. The molecule has 164 valence electrons. The standard InChI is InChI=1S/C21H30N4O3S2/c1-16-7-6-10-25(12-16)30(27,28)18-11-19(21-22-17(2)15-29-21)24(13-18)14-20(26)23-8-4-3-5-9-23/h11,13,15-16H,3-10,12,14H2,1-2H3/t16-/m0/s1. The van der Waals surface area contributed by atoms with Crippen molar-refractivity contribution in [3.05, 3.63) is 23.3 Å². The van der Waals surface area contributed by atoms with Crippen LogP contribution in [-0.2, 0) is 21.4 Å². The Morgan fingerprint density at radius 3 is 2.63 bits per heavy atom. The average Bonchev–Trinajstić information content (AvgIpc) is 3.35. The van der Waals surface area contributed by atoms with Gasteiger partial charge >= 0.3 is 0 Å². The van der Waals surface area contributed by atoms with E-state index in [2.05, 4.69) is 11.9 Å². The van der Waals surface area contributed by atoms with E-state index >= 15 is 0 Å². The number of sulfonamides is 1. The molecule has 9 heteroatoms. The number of hydrogen-bond acceptors (Lipinski definition) is 5. The van der Waals surface area contributed by atoms with Gasteiger partial charge in [0.15, 0.2) is 0 Å². The highest BCUT2D eigenvalue weighted by atomic mass is 32.2. The second-order valence-electron chi connectivity index (χ2n) is 8.53. The molecular formula is C21H30N4O3S2. The third-order valence-corrected chi connectivity index (χ3v) is 8.79. The molecule has 0 bridgehead atoms. The van der Waals surface area contributed by atoms with Gasteiger partial charge in [-0.25, -0.2) is 13.4 Å². The van der Waals surface area contributed by atoms with Crippen LogP contribution >= 0.6 is 11.3 Å². The van der Waals surface area contributed by atoms with E-state index in [4.69, 9.17) is 0 Å². The number of aryl methyl sites for hydroxylation is 1. The minimum Gasteiger partial charge on any atom is -0.341 e. The first-order valence-electron chi connectivity index (χ1n) is 10.7. The van der Waals surface area contributed by atoms with E-state index in [1.54, 1.807) is 21.1 Å². The van der Waals surface area contributed by atoms with E-state index in [0.717, 1.165) is 55.9 Å². The van der Waals surface area contributed by atoms with Crippen LogP contribution in [0, 0.1) is 12.8 Å². The number of nitrogens with zero attached hydrogens (tertiary/aromatic N) is 4. The fourth-order valence-electron chi connectivity index (χ4n) is 4.31. The largest absolute Gasteiger partial charge is 0.341 e. The molecule has 4 heterocycles. The maximum absolute atomic E-state index is 13.3. The molecule has 0 unspecified atom stereocenters. The van der Waals surface area contributed by atoms with Gasteiger partial charge in [0.05, 0.1) is 5.69 Å². The number of amides is 1. The summed E-state index contributed by atoms with van der Waals surface area (Å²) < 4.78 is 30.0. The first-order valence-corrected chi connectivity index (χ1v) is 13.1. The molecule has 2 aromatic rings. The zero-order chi connectivity index (χ0) is 21.3. The summed E-state index contributed by atoms with van der Waals surface area (Å²) in [7, 11) is -3.59. The first-order chi connectivity index (χ1) is 14.3. The second-order valence-corrected chi connectivity index (χ2v) is 11.3. The fraction of sp³-hybridized carbons (Fsp3) is 0.619. The minimum absolute atomic E-state index is 0.0374. The molecule has 30 heavy (non-hydrogen) atoms. The smallest absolute Gasteiger partial charge is 0.244 e. The van der Waals surface area contributed by atoms with Crippen molar-refractivity contribution >= 4 is 27.3 Å². The van der Waals surface area contributed by atoms with Gasteiger partial charge in [-0.15, -0.1) is 11.3 Å². The van der Waals surface area contributed by atoms with Gasteiger partial charge in [-0.1, -0.05) is 6.92 Å². The predicted molar refractivity (Wildman–Crippen MR) is 118 cm³/mol. The Labute approximate surface area is 182 Å². The fourth-order valence-corrected chi connectivity index (χ4v) is 6.78. The molecule has 2 aliphatic heterocycles. The normalized spacial score (nSPS) is 21.1. The number of piperidine rings is 2. The summed E-state index contributed by atoms with van der Waals surface area (Å²) in [6.45, 7) is 6.81. The molecular weight excluding hydrogens is 420 g/mol. The van der Waals surface area contributed by atoms with Crippen LogP contribution in [0.25, 0.3) is 10.7 Å². The van der Waals surface area contributed by atoms with Crippen LogP contribution in [0.4, 0.5) is 0 Å². The van der Waals surface area contributed by atoms with Gasteiger partial charge in [0.2, 0.25) is 15.9 Å². The summed E-state index contributed by atoms with van der Waals surface area (Å²) in [5, 5.41) is 2.69. The summed E-state index contributed by atoms with van der Waals surface area (Å²) in [5.74, 6) is 0.396. The average molecular weight is 451 g/mol. The number of likely N-dealkylation sites (tertiary alicyclic amines) is 1. The van der Waals surface area contributed by atoms with Crippen LogP contribution in [0.1, 0.15) is 44.7 Å². The molecule has 2 fully saturated rings. The number of aromatic nitrogens is 2. The van der Waals surface area contributed by atoms with E-state index in [0.29, 0.717) is 24.7 Å². The number of hydrogen-bond donors (Lipinski definition) is 0.